The molecule has 2 atom stereocenters. The van der Waals surface area contributed by atoms with E-state index < -0.39 is 5.91 Å². The summed E-state index contributed by atoms with van der Waals surface area (Å²) < 4.78 is 6.19. The Balaban J connectivity index is 1.77. The molecule has 2 unspecified atom stereocenters. The maximum Gasteiger partial charge on any atom is 0.325 e. The molecule has 2 N–H and O–H groups in total. The Labute approximate surface area is 149 Å². The van der Waals surface area contributed by atoms with Crippen LogP contribution < -0.4 is 15.4 Å². The summed E-state index contributed by atoms with van der Waals surface area (Å²) >= 11 is 5.98. The standard InChI is InChI=1S/C18H16ClN3O3/c19-12-7-5-11(6-8-12)17-14-9-21(10-16(20)23)18(24)22(14)13-3-1-2-4-15(13)25-17/h1-8,14,17H,9-10H2,(H2,20,23). The lowest BCUT2D eigenvalue weighted by Gasteiger charge is -2.37. The van der Waals surface area contributed by atoms with Gasteiger partial charge in [-0.25, -0.2) is 4.79 Å². The third-order valence-electron chi connectivity index (χ3n) is 4.49. The van der Waals surface area contributed by atoms with Crippen molar-refractivity contribution in [1.82, 2.24) is 4.90 Å². The minimum absolute atomic E-state index is 0.110. The van der Waals surface area contributed by atoms with Crippen molar-refractivity contribution in [2.75, 3.05) is 18.0 Å². The highest BCUT2D eigenvalue weighted by Gasteiger charge is 2.48. The molecule has 0 radical (unpaired) electrons. The Morgan fingerprint density at radius 3 is 2.64 bits per heavy atom. The van der Waals surface area contributed by atoms with Crippen molar-refractivity contribution in [2.24, 2.45) is 5.73 Å². The van der Waals surface area contributed by atoms with E-state index in [2.05, 4.69) is 0 Å². The van der Waals surface area contributed by atoms with E-state index in [-0.39, 0.29) is 24.7 Å². The summed E-state index contributed by atoms with van der Waals surface area (Å²) in [6.07, 6.45) is -0.353. The summed E-state index contributed by atoms with van der Waals surface area (Å²) in [6, 6.07) is 14.3. The van der Waals surface area contributed by atoms with Gasteiger partial charge in [0.2, 0.25) is 5.91 Å². The highest BCUT2D eigenvalue weighted by atomic mass is 35.5. The molecule has 2 aromatic carbocycles. The van der Waals surface area contributed by atoms with Gasteiger partial charge < -0.3 is 15.4 Å². The molecular weight excluding hydrogens is 342 g/mol. The Morgan fingerprint density at radius 1 is 1.20 bits per heavy atom. The Bertz CT molecular complexity index is 840. The fourth-order valence-corrected chi connectivity index (χ4v) is 3.55. The zero-order chi connectivity index (χ0) is 17.6. The fraction of sp³-hybridized carbons (Fsp3) is 0.222. The second-order valence-corrected chi connectivity index (χ2v) is 6.56. The van der Waals surface area contributed by atoms with Crippen molar-refractivity contribution >= 4 is 29.2 Å². The number of nitrogens with zero attached hydrogens (tertiary/aromatic N) is 2. The number of primary amides is 1. The minimum Gasteiger partial charge on any atom is -0.481 e. The Hall–Kier alpha value is -2.73. The number of para-hydroxylation sites is 2. The summed E-state index contributed by atoms with van der Waals surface area (Å²) in [4.78, 5) is 27.3. The number of carbonyl (C=O) groups excluding carboxylic acids is 2. The van der Waals surface area contributed by atoms with Crippen LogP contribution >= 0.6 is 11.6 Å². The van der Waals surface area contributed by atoms with Crippen LogP contribution in [0.25, 0.3) is 0 Å². The summed E-state index contributed by atoms with van der Waals surface area (Å²) in [5.41, 5.74) is 6.91. The van der Waals surface area contributed by atoms with Crippen LogP contribution in [0.2, 0.25) is 5.02 Å². The number of hydrogen-bond acceptors (Lipinski definition) is 3. The SMILES string of the molecule is NC(=O)CN1CC2C(c3ccc(Cl)cc3)Oc3ccccc3N2C1=O. The molecule has 25 heavy (non-hydrogen) atoms. The third-order valence-corrected chi connectivity index (χ3v) is 4.74. The fourth-order valence-electron chi connectivity index (χ4n) is 3.43. The Kier molecular flexibility index (Phi) is 3.77. The number of anilines is 1. The number of rotatable bonds is 3. The van der Waals surface area contributed by atoms with Gasteiger partial charge in [-0.2, -0.15) is 0 Å². The lowest BCUT2D eigenvalue weighted by molar-refractivity contribution is -0.118. The van der Waals surface area contributed by atoms with Crippen LogP contribution in [0.3, 0.4) is 0 Å². The topological polar surface area (TPSA) is 75.9 Å². The summed E-state index contributed by atoms with van der Waals surface area (Å²) in [5.74, 6) is 0.0958. The molecular formula is C18H16ClN3O3. The van der Waals surface area contributed by atoms with Crippen molar-refractivity contribution in [2.45, 2.75) is 12.1 Å². The molecule has 1 saturated heterocycles. The quantitative estimate of drug-likeness (QED) is 0.917. The van der Waals surface area contributed by atoms with E-state index in [0.717, 1.165) is 5.56 Å². The molecule has 128 valence electrons. The van der Waals surface area contributed by atoms with Gasteiger partial charge in [-0.3, -0.25) is 9.69 Å². The summed E-state index contributed by atoms with van der Waals surface area (Å²) in [6.45, 7) is 0.255. The van der Waals surface area contributed by atoms with E-state index in [9.17, 15) is 9.59 Å². The smallest absolute Gasteiger partial charge is 0.325 e. The third kappa shape index (κ3) is 2.68. The van der Waals surface area contributed by atoms with Gasteiger partial charge in [0, 0.05) is 11.6 Å². The van der Waals surface area contributed by atoms with E-state index in [4.69, 9.17) is 22.1 Å². The van der Waals surface area contributed by atoms with Gasteiger partial charge in [0.25, 0.3) is 0 Å². The van der Waals surface area contributed by atoms with Crippen LogP contribution in [0, 0.1) is 0 Å². The van der Waals surface area contributed by atoms with Crippen molar-refractivity contribution in [3.63, 3.8) is 0 Å². The minimum atomic E-state index is -0.537. The van der Waals surface area contributed by atoms with Crippen molar-refractivity contribution in [3.8, 4) is 5.75 Å². The first-order valence-electron chi connectivity index (χ1n) is 7.92. The average molecular weight is 358 g/mol. The molecule has 1 fully saturated rings. The summed E-state index contributed by atoms with van der Waals surface area (Å²) in [7, 11) is 0. The number of carbonyl (C=O) groups is 2. The molecule has 2 aliphatic rings. The van der Waals surface area contributed by atoms with Crippen LogP contribution in [0.1, 0.15) is 11.7 Å². The van der Waals surface area contributed by atoms with E-state index in [1.54, 1.807) is 17.0 Å². The molecule has 2 heterocycles. The molecule has 0 aliphatic carbocycles. The molecule has 0 saturated carbocycles. The van der Waals surface area contributed by atoms with Gasteiger partial charge >= 0.3 is 6.03 Å². The number of ether oxygens (including phenoxy) is 1. The van der Waals surface area contributed by atoms with Gasteiger partial charge in [-0.05, 0) is 29.8 Å². The molecule has 6 nitrogen and oxygen atoms in total. The van der Waals surface area contributed by atoms with Crippen LogP contribution in [0.5, 0.6) is 5.75 Å². The van der Waals surface area contributed by atoms with Crippen molar-refractivity contribution in [3.05, 3.63) is 59.1 Å². The van der Waals surface area contributed by atoms with Crippen molar-refractivity contribution in [1.29, 1.82) is 0 Å². The molecule has 0 spiro atoms. The molecule has 7 heteroatoms. The largest absolute Gasteiger partial charge is 0.481 e. The number of amides is 3. The van der Waals surface area contributed by atoms with Crippen LogP contribution in [0.4, 0.5) is 10.5 Å². The van der Waals surface area contributed by atoms with Crippen molar-refractivity contribution < 1.29 is 14.3 Å². The average Bonchev–Trinajstić information content (AvgIpc) is 2.91. The number of fused-ring (bicyclic) bond motifs is 3. The number of benzene rings is 2. The number of urea groups is 1. The van der Waals surface area contributed by atoms with E-state index in [1.807, 2.05) is 36.4 Å². The number of hydrogen-bond donors (Lipinski definition) is 1. The molecule has 2 aliphatic heterocycles. The monoisotopic (exact) mass is 357 g/mol. The second kappa shape index (κ2) is 5.97. The molecule has 0 bridgehead atoms. The van der Waals surface area contributed by atoms with Gasteiger partial charge in [0.05, 0.1) is 11.7 Å². The Morgan fingerprint density at radius 2 is 1.92 bits per heavy atom. The van der Waals surface area contributed by atoms with Gasteiger partial charge in [-0.1, -0.05) is 35.9 Å². The van der Waals surface area contributed by atoms with Gasteiger partial charge in [-0.15, -0.1) is 0 Å². The molecule has 3 amide bonds. The highest BCUT2D eigenvalue weighted by molar-refractivity contribution is 6.30. The highest BCUT2D eigenvalue weighted by Crippen LogP contribution is 2.44. The number of halogens is 1. The maximum atomic E-state index is 12.8. The van der Waals surface area contributed by atoms with E-state index in [1.165, 1.54) is 4.90 Å². The zero-order valence-electron chi connectivity index (χ0n) is 13.3. The van der Waals surface area contributed by atoms with Crippen LogP contribution in [-0.2, 0) is 4.79 Å². The van der Waals surface area contributed by atoms with E-state index in [0.29, 0.717) is 23.0 Å². The molecule has 4 rings (SSSR count). The van der Waals surface area contributed by atoms with Gasteiger partial charge in [0.15, 0.2) is 0 Å². The number of nitrogens with two attached hydrogens (primary N) is 1. The zero-order valence-corrected chi connectivity index (χ0v) is 14.0. The van der Waals surface area contributed by atoms with Crippen LogP contribution in [-0.4, -0.2) is 36.0 Å². The lowest BCUT2D eigenvalue weighted by atomic mass is 9.99. The first kappa shape index (κ1) is 15.8. The van der Waals surface area contributed by atoms with Gasteiger partial charge in [0.1, 0.15) is 18.4 Å². The first-order valence-corrected chi connectivity index (χ1v) is 8.30. The predicted molar refractivity (Wildman–Crippen MR) is 93.7 cm³/mol. The first-order chi connectivity index (χ1) is 12.0. The second-order valence-electron chi connectivity index (χ2n) is 6.12. The van der Waals surface area contributed by atoms with E-state index >= 15 is 0 Å². The lowest BCUT2D eigenvalue weighted by Crippen LogP contribution is -2.43. The predicted octanol–water partition coefficient (Wildman–Crippen LogP) is 2.57. The summed E-state index contributed by atoms with van der Waals surface area (Å²) in [5, 5.41) is 0.634. The maximum absolute atomic E-state index is 12.8. The molecule has 0 aromatic heterocycles. The van der Waals surface area contributed by atoms with Crippen LogP contribution in [0.15, 0.2) is 48.5 Å². The normalized spacial score (nSPS) is 21.6. The molecule has 2 aromatic rings.